The topological polar surface area (TPSA) is 50.1 Å². The summed E-state index contributed by atoms with van der Waals surface area (Å²) in [4.78, 5) is 15.0. The van der Waals surface area contributed by atoms with Crippen molar-refractivity contribution < 1.29 is 18.3 Å². The summed E-state index contributed by atoms with van der Waals surface area (Å²) in [6.07, 6.45) is -1.53. The first kappa shape index (κ1) is 20.2. The Hall–Kier alpha value is -2.09. The van der Waals surface area contributed by atoms with Crippen LogP contribution in [-0.2, 0) is 4.74 Å². The average Bonchev–Trinajstić information content (AvgIpc) is 2.87. The Bertz CT molecular complexity index is 725. The zero-order valence-corrected chi connectivity index (χ0v) is 16.1. The number of amidine groups is 1. The van der Waals surface area contributed by atoms with Gasteiger partial charge in [-0.15, -0.1) is 0 Å². The molecule has 1 aliphatic rings. The second-order valence-electron chi connectivity index (χ2n) is 6.82. The third-order valence-corrected chi connectivity index (χ3v) is 3.94. The van der Waals surface area contributed by atoms with Crippen LogP contribution in [0.3, 0.4) is 0 Å². The molecule has 0 saturated carbocycles. The molecular weight excluding hydrogens is 366 g/mol. The van der Waals surface area contributed by atoms with E-state index in [2.05, 4.69) is 11.7 Å². The third kappa shape index (κ3) is 4.55. The fourth-order valence-electron chi connectivity index (χ4n) is 2.49. The quantitative estimate of drug-likeness (QED) is 0.762. The Morgan fingerprint density at radius 2 is 2.12 bits per heavy atom. The molecule has 0 bridgehead atoms. The van der Waals surface area contributed by atoms with Crippen molar-refractivity contribution in [1.82, 2.24) is 14.5 Å². The molecule has 0 aliphatic carbocycles. The second-order valence-corrected chi connectivity index (χ2v) is 7.22. The Balaban J connectivity index is 2.32. The van der Waals surface area contributed by atoms with Gasteiger partial charge in [0.05, 0.1) is 23.8 Å². The van der Waals surface area contributed by atoms with Crippen molar-refractivity contribution in [3.8, 4) is 0 Å². The van der Waals surface area contributed by atoms with Crippen LogP contribution in [0.25, 0.3) is 5.70 Å². The number of aromatic nitrogens is 1. The van der Waals surface area contributed by atoms with E-state index in [4.69, 9.17) is 16.3 Å². The molecule has 0 atom stereocenters. The molecule has 1 amide bonds. The smallest absolute Gasteiger partial charge is 0.410 e. The van der Waals surface area contributed by atoms with E-state index in [1.807, 2.05) is 0 Å². The maximum Gasteiger partial charge on any atom is 0.410 e. The number of hydrogen-bond acceptors (Lipinski definition) is 4. The SMILES string of the molecule is C=C1c2c(Cl)ccn2N=C(CN(CC)C(=O)OC(C)(C)C)N1CC(F)F. The first-order valence-corrected chi connectivity index (χ1v) is 8.59. The van der Waals surface area contributed by atoms with E-state index in [1.165, 1.54) is 14.5 Å². The largest absolute Gasteiger partial charge is 0.444 e. The lowest BCUT2D eigenvalue weighted by Crippen LogP contribution is -2.46. The molecule has 2 rings (SSSR count). The molecule has 26 heavy (non-hydrogen) atoms. The number of amides is 1. The Morgan fingerprint density at radius 1 is 1.46 bits per heavy atom. The summed E-state index contributed by atoms with van der Waals surface area (Å²) >= 11 is 6.11. The van der Waals surface area contributed by atoms with E-state index < -0.39 is 24.7 Å². The highest BCUT2D eigenvalue weighted by atomic mass is 35.5. The predicted molar refractivity (Wildman–Crippen MR) is 97.5 cm³/mol. The van der Waals surface area contributed by atoms with Crippen molar-refractivity contribution in [3.63, 3.8) is 0 Å². The van der Waals surface area contributed by atoms with Crippen LogP contribution in [0.15, 0.2) is 23.9 Å². The standard InChI is InChI=1S/C17H23ClF2N4O2/c1-6-22(16(25)26-17(3,4)5)10-14-21-24-8-7-12(18)15(24)11(2)23(14)9-13(19)20/h7-8,13H,2,6,9-10H2,1,3-5H3. The van der Waals surface area contributed by atoms with Crippen molar-refractivity contribution in [1.29, 1.82) is 0 Å². The van der Waals surface area contributed by atoms with Gasteiger partial charge in [0.1, 0.15) is 17.1 Å². The molecule has 144 valence electrons. The van der Waals surface area contributed by atoms with E-state index in [9.17, 15) is 13.6 Å². The fourth-order valence-corrected chi connectivity index (χ4v) is 2.74. The van der Waals surface area contributed by atoms with Gasteiger partial charge in [-0.3, -0.25) is 0 Å². The van der Waals surface area contributed by atoms with Gasteiger partial charge in [0.2, 0.25) is 0 Å². The molecule has 6 nitrogen and oxygen atoms in total. The summed E-state index contributed by atoms with van der Waals surface area (Å²) in [6.45, 7) is 10.7. The number of halogens is 3. The third-order valence-electron chi connectivity index (χ3n) is 3.64. The lowest BCUT2D eigenvalue weighted by atomic mass is 10.2. The summed E-state index contributed by atoms with van der Waals surface area (Å²) in [6, 6.07) is 1.61. The van der Waals surface area contributed by atoms with Gasteiger partial charge in [-0.05, 0) is 33.8 Å². The highest BCUT2D eigenvalue weighted by Crippen LogP contribution is 2.31. The van der Waals surface area contributed by atoms with Crippen LogP contribution in [-0.4, -0.2) is 58.1 Å². The van der Waals surface area contributed by atoms with Crippen LogP contribution >= 0.6 is 11.6 Å². The van der Waals surface area contributed by atoms with E-state index in [0.29, 0.717) is 23.0 Å². The summed E-state index contributed by atoms with van der Waals surface area (Å²) in [5.41, 5.74) is 0.105. The molecule has 1 aromatic rings. The zero-order valence-electron chi connectivity index (χ0n) is 15.3. The number of fused-ring (bicyclic) bond motifs is 1. The van der Waals surface area contributed by atoms with Crippen LogP contribution in [0, 0.1) is 0 Å². The van der Waals surface area contributed by atoms with Crippen molar-refractivity contribution in [2.24, 2.45) is 5.10 Å². The number of ether oxygens (including phenoxy) is 1. The van der Waals surface area contributed by atoms with Crippen molar-refractivity contribution in [2.45, 2.75) is 39.7 Å². The van der Waals surface area contributed by atoms with Crippen molar-refractivity contribution >= 4 is 29.2 Å². The molecule has 0 fully saturated rings. The number of nitrogens with zero attached hydrogens (tertiary/aromatic N) is 4. The fraction of sp³-hybridized carbons (Fsp3) is 0.529. The van der Waals surface area contributed by atoms with Gasteiger partial charge < -0.3 is 14.5 Å². The zero-order chi connectivity index (χ0) is 19.6. The minimum absolute atomic E-state index is 0.00634. The van der Waals surface area contributed by atoms with E-state index >= 15 is 0 Å². The van der Waals surface area contributed by atoms with Gasteiger partial charge in [-0.1, -0.05) is 18.2 Å². The van der Waals surface area contributed by atoms with E-state index in [1.54, 1.807) is 40.0 Å². The summed E-state index contributed by atoms with van der Waals surface area (Å²) in [5, 5.41) is 4.72. The molecule has 0 N–H and O–H groups in total. The monoisotopic (exact) mass is 388 g/mol. The molecule has 1 aromatic heterocycles. The first-order valence-electron chi connectivity index (χ1n) is 8.21. The predicted octanol–water partition coefficient (Wildman–Crippen LogP) is 4.11. The highest BCUT2D eigenvalue weighted by Gasteiger charge is 2.31. The Kier molecular flexibility index (Phi) is 5.95. The normalized spacial score (nSPS) is 14.4. The van der Waals surface area contributed by atoms with E-state index in [-0.39, 0.29) is 12.4 Å². The molecule has 2 heterocycles. The molecule has 0 saturated heterocycles. The molecular formula is C17H23ClF2N4O2. The number of alkyl halides is 2. The summed E-state index contributed by atoms with van der Waals surface area (Å²) < 4.78 is 33.0. The highest BCUT2D eigenvalue weighted by molar-refractivity contribution is 6.32. The van der Waals surface area contributed by atoms with Crippen LogP contribution in [0.2, 0.25) is 5.02 Å². The van der Waals surface area contributed by atoms with Gasteiger partial charge in [0, 0.05) is 12.7 Å². The van der Waals surface area contributed by atoms with Gasteiger partial charge in [-0.2, -0.15) is 5.10 Å². The Labute approximate surface area is 156 Å². The first-order chi connectivity index (χ1) is 12.0. The minimum atomic E-state index is -2.60. The number of hydrogen-bond donors (Lipinski definition) is 0. The molecule has 0 unspecified atom stereocenters. The number of likely N-dealkylation sites (N-methyl/N-ethyl adjacent to an activating group) is 1. The average molecular weight is 389 g/mol. The van der Waals surface area contributed by atoms with Gasteiger partial charge in [0.25, 0.3) is 6.43 Å². The molecule has 1 aliphatic heterocycles. The van der Waals surface area contributed by atoms with E-state index in [0.717, 1.165) is 0 Å². The molecule has 9 heteroatoms. The number of rotatable bonds is 5. The second kappa shape index (κ2) is 7.65. The van der Waals surface area contributed by atoms with Crippen molar-refractivity contribution in [3.05, 3.63) is 29.6 Å². The molecule has 0 aromatic carbocycles. The number of carbonyl (C=O) groups is 1. The molecule has 0 radical (unpaired) electrons. The lowest BCUT2D eigenvalue weighted by molar-refractivity contribution is 0.0284. The maximum absolute atomic E-state index is 13.1. The summed E-state index contributed by atoms with van der Waals surface area (Å²) in [7, 11) is 0. The summed E-state index contributed by atoms with van der Waals surface area (Å²) in [5.74, 6) is 0.266. The van der Waals surface area contributed by atoms with Gasteiger partial charge >= 0.3 is 6.09 Å². The van der Waals surface area contributed by atoms with Crippen LogP contribution in [0.1, 0.15) is 33.4 Å². The Morgan fingerprint density at radius 3 is 2.65 bits per heavy atom. The molecule has 0 spiro atoms. The maximum atomic E-state index is 13.1. The minimum Gasteiger partial charge on any atom is -0.444 e. The lowest BCUT2D eigenvalue weighted by Gasteiger charge is -2.34. The van der Waals surface area contributed by atoms with Crippen LogP contribution in [0.4, 0.5) is 13.6 Å². The van der Waals surface area contributed by atoms with Crippen molar-refractivity contribution in [2.75, 3.05) is 19.6 Å². The van der Waals surface area contributed by atoms with Crippen LogP contribution < -0.4 is 0 Å². The van der Waals surface area contributed by atoms with Crippen LogP contribution in [0.5, 0.6) is 0 Å². The van der Waals surface area contributed by atoms with Gasteiger partial charge in [0.15, 0.2) is 0 Å². The number of carbonyl (C=O) groups excluding carboxylic acids is 1. The van der Waals surface area contributed by atoms with Gasteiger partial charge in [-0.25, -0.2) is 18.3 Å².